The largest absolute Gasteiger partial charge is 0.103 e. The van der Waals surface area contributed by atoms with E-state index < -0.39 is 4.59 Å². The second kappa shape index (κ2) is 5.24. The van der Waals surface area contributed by atoms with E-state index in [2.05, 4.69) is 27.7 Å². The van der Waals surface area contributed by atoms with Crippen LogP contribution in [0.25, 0.3) is 0 Å². The number of hydrogen-bond acceptors (Lipinski definition) is 2. The Bertz CT molecular complexity index is 174. The van der Waals surface area contributed by atoms with Gasteiger partial charge < -0.3 is 0 Å². The molecule has 0 aromatic carbocycles. The van der Waals surface area contributed by atoms with Gasteiger partial charge in [-0.15, -0.1) is 11.4 Å². The van der Waals surface area contributed by atoms with Gasteiger partial charge in [0.2, 0.25) is 0 Å². The standard InChI is InChI=1S/C8H18ClPS2/c1-5-6-7-10(9,11)12-8(2,3)4/h5-7H2,1-4H3. The third-order valence-corrected chi connectivity index (χ3v) is 8.22. The molecule has 0 aromatic heterocycles. The van der Waals surface area contributed by atoms with Crippen molar-refractivity contribution in [1.29, 1.82) is 0 Å². The number of rotatable bonds is 4. The van der Waals surface area contributed by atoms with Gasteiger partial charge in [-0.05, 0) is 12.6 Å². The van der Waals surface area contributed by atoms with E-state index >= 15 is 0 Å². The molecule has 0 aromatic rings. The van der Waals surface area contributed by atoms with Crippen LogP contribution in [0.15, 0.2) is 0 Å². The Morgan fingerprint density at radius 1 is 1.42 bits per heavy atom. The van der Waals surface area contributed by atoms with E-state index in [-0.39, 0.29) is 4.75 Å². The zero-order valence-corrected chi connectivity index (χ0v) is 11.5. The van der Waals surface area contributed by atoms with Crippen LogP contribution in [-0.2, 0) is 11.8 Å². The van der Waals surface area contributed by atoms with Crippen LogP contribution in [0.3, 0.4) is 0 Å². The fraction of sp³-hybridized carbons (Fsp3) is 1.00. The van der Waals surface area contributed by atoms with Crippen LogP contribution >= 0.6 is 27.2 Å². The minimum absolute atomic E-state index is 0.213. The molecule has 0 nitrogen and oxygen atoms in total. The summed E-state index contributed by atoms with van der Waals surface area (Å²) in [5.41, 5.74) is 0. The molecule has 0 heterocycles. The van der Waals surface area contributed by atoms with Gasteiger partial charge in [0.1, 0.15) is 0 Å². The van der Waals surface area contributed by atoms with Gasteiger partial charge in [-0.2, -0.15) is 0 Å². The van der Waals surface area contributed by atoms with Crippen LogP contribution in [0.4, 0.5) is 0 Å². The van der Waals surface area contributed by atoms with Crippen molar-refractivity contribution < 1.29 is 0 Å². The number of hydrogen-bond donors (Lipinski definition) is 0. The first-order valence-electron chi connectivity index (χ1n) is 4.26. The van der Waals surface area contributed by atoms with E-state index in [1.807, 2.05) is 0 Å². The Morgan fingerprint density at radius 2 is 1.92 bits per heavy atom. The first kappa shape index (κ1) is 13.3. The lowest BCUT2D eigenvalue weighted by Crippen LogP contribution is -2.06. The summed E-state index contributed by atoms with van der Waals surface area (Å²) in [6.45, 7) is 8.70. The van der Waals surface area contributed by atoms with E-state index in [1.54, 1.807) is 11.4 Å². The zero-order valence-electron chi connectivity index (χ0n) is 8.26. The number of unbranched alkanes of at least 4 members (excludes halogenated alkanes) is 1. The highest BCUT2D eigenvalue weighted by molar-refractivity contribution is 8.78. The molecule has 1 unspecified atom stereocenters. The number of halogens is 1. The Labute approximate surface area is 90.4 Å². The van der Waals surface area contributed by atoms with Gasteiger partial charge in [0.15, 0.2) is 0 Å². The molecule has 0 aliphatic heterocycles. The molecule has 0 saturated heterocycles. The zero-order chi connectivity index (χ0) is 9.83. The Morgan fingerprint density at radius 3 is 2.25 bits per heavy atom. The van der Waals surface area contributed by atoms with Gasteiger partial charge >= 0.3 is 0 Å². The molecule has 0 spiro atoms. The fourth-order valence-electron chi connectivity index (χ4n) is 0.802. The predicted molar refractivity (Wildman–Crippen MR) is 67.3 cm³/mol. The van der Waals surface area contributed by atoms with E-state index in [9.17, 15) is 0 Å². The summed E-state index contributed by atoms with van der Waals surface area (Å²) in [5.74, 6) is 0. The summed E-state index contributed by atoms with van der Waals surface area (Å²) in [6.07, 6.45) is 3.39. The first-order valence-corrected chi connectivity index (χ1v) is 9.58. The summed E-state index contributed by atoms with van der Waals surface area (Å²) in [4.78, 5) is 0. The Hall–Kier alpha value is 1.29. The van der Waals surface area contributed by atoms with Gasteiger partial charge in [-0.1, -0.05) is 57.2 Å². The summed E-state index contributed by atoms with van der Waals surface area (Å²) in [6, 6.07) is 0. The van der Waals surface area contributed by atoms with E-state index in [0.717, 1.165) is 6.16 Å². The molecule has 1 atom stereocenters. The quantitative estimate of drug-likeness (QED) is 0.648. The van der Waals surface area contributed by atoms with Crippen molar-refractivity contribution in [1.82, 2.24) is 0 Å². The molecule has 0 aliphatic carbocycles. The van der Waals surface area contributed by atoms with Crippen molar-refractivity contribution in [3.05, 3.63) is 0 Å². The smallest absolute Gasteiger partial charge is 0.0894 e. The molecule has 0 saturated carbocycles. The van der Waals surface area contributed by atoms with Crippen molar-refractivity contribution in [2.45, 2.75) is 45.3 Å². The van der Waals surface area contributed by atoms with Gasteiger partial charge in [-0.25, -0.2) is 0 Å². The van der Waals surface area contributed by atoms with Crippen molar-refractivity contribution in [3.63, 3.8) is 0 Å². The first-order chi connectivity index (χ1) is 5.27. The summed E-state index contributed by atoms with van der Waals surface area (Å²) in [7, 11) is 0. The Balaban J connectivity index is 3.96. The SMILES string of the molecule is CCCCP(=S)(Cl)SC(C)(C)C. The van der Waals surface area contributed by atoms with Crippen LogP contribution < -0.4 is 0 Å². The van der Waals surface area contributed by atoms with Gasteiger partial charge in [0.05, 0.1) is 4.59 Å². The highest BCUT2D eigenvalue weighted by Crippen LogP contribution is 2.68. The van der Waals surface area contributed by atoms with Gasteiger partial charge in [0.25, 0.3) is 0 Å². The summed E-state index contributed by atoms with van der Waals surface area (Å²) < 4.78 is -1.40. The van der Waals surface area contributed by atoms with Crippen LogP contribution in [0.2, 0.25) is 0 Å². The van der Waals surface area contributed by atoms with E-state index in [4.69, 9.17) is 23.0 Å². The lowest BCUT2D eigenvalue weighted by Gasteiger charge is -2.23. The fourth-order valence-corrected chi connectivity index (χ4v) is 10.1. The molecule has 4 heteroatoms. The average Bonchev–Trinajstić information content (AvgIpc) is 1.78. The van der Waals surface area contributed by atoms with Crippen molar-refractivity contribution in [3.8, 4) is 0 Å². The molecule has 0 aliphatic rings. The predicted octanol–water partition coefficient (Wildman–Crippen LogP) is 4.87. The third-order valence-electron chi connectivity index (χ3n) is 1.19. The molecular formula is C8H18ClPS2. The normalized spacial score (nSPS) is 17.4. The highest BCUT2D eigenvalue weighted by atomic mass is 35.7. The highest BCUT2D eigenvalue weighted by Gasteiger charge is 2.22. The second-order valence-corrected chi connectivity index (χ2v) is 14.8. The van der Waals surface area contributed by atoms with Crippen LogP contribution in [0.1, 0.15) is 40.5 Å². The molecule has 12 heavy (non-hydrogen) atoms. The average molecular weight is 245 g/mol. The van der Waals surface area contributed by atoms with Crippen molar-refractivity contribution in [2.75, 3.05) is 6.16 Å². The van der Waals surface area contributed by atoms with Crippen LogP contribution in [0, 0.1) is 0 Å². The van der Waals surface area contributed by atoms with Crippen molar-refractivity contribution in [2.24, 2.45) is 0 Å². The van der Waals surface area contributed by atoms with E-state index in [1.165, 1.54) is 12.8 Å². The molecule has 74 valence electrons. The third kappa shape index (κ3) is 7.91. The molecule has 0 N–H and O–H groups in total. The maximum Gasteiger partial charge on any atom is 0.0894 e. The maximum atomic E-state index is 6.29. The van der Waals surface area contributed by atoms with Gasteiger partial charge in [-0.3, -0.25) is 0 Å². The molecule has 0 bridgehead atoms. The summed E-state index contributed by atoms with van der Waals surface area (Å²) in [5, 5.41) is 0. The van der Waals surface area contributed by atoms with Crippen LogP contribution in [-0.4, -0.2) is 10.9 Å². The maximum absolute atomic E-state index is 6.29. The monoisotopic (exact) mass is 244 g/mol. The molecule has 0 radical (unpaired) electrons. The lowest BCUT2D eigenvalue weighted by molar-refractivity contribution is 0.810. The van der Waals surface area contributed by atoms with Crippen LogP contribution in [0.5, 0.6) is 0 Å². The summed E-state index contributed by atoms with van der Waals surface area (Å²) >= 11 is 13.5. The lowest BCUT2D eigenvalue weighted by atomic mass is 10.3. The minimum atomic E-state index is -1.61. The van der Waals surface area contributed by atoms with Gasteiger partial charge in [0, 0.05) is 4.75 Å². The second-order valence-electron chi connectivity index (χ2n) is 3.87. The van der Waals surface area contributed by atoms with E-state index in [0.29, 0.717) is 0 Å². The molecular weight excluding hydrogens is 227 g/mol. The molecule has 0 rings (SSSR count). The minimum Gasteiger partial charge on any atom is -0.103 e. The topological polar surface area (TPSA) is 0 Å². The van der Waals surface area contributed by atoms with Crippen molar-refractivity contribution >= 4 is 39.0 Å². The molecule has 0 fully saturated rings. The molecule has 0 amide bonds. The Kier molecular flexibility index (Phi) is 5.80.